The first-order valence-corrected chi connectivity index (χ1v) is 11.0. The Labute approximate surface area is 183 Å². The molecule has 8 nitrogen and oxygen atoms in total. The Hall–Kier alpha value is -2.61. The number of amides is 1. The Morgan fingerprint density at radius 1 is 1.26 bits per heavy atom. The summed E-state index contributed by atoms with van der Waals surface area (Å²) in [6.07, 6.45) is 4.84. The molecule has 1 aliphatic rings. The molecule has 1 N–H and O–H groups in total. The third-order valence-electron chi connectivity index (χ3n) is 6.00. The minimum absolute atomic E-state index is 0.0369. The van der Waals surface area contributed by atoms with Crippen molar-refractivity contribution in [3.8, 4) is 11.5 Å². The molecule has 170 valence electrons. The highest BCUT2D eigenvalue weighted by Gasteiger charge is 2.21. The molecule has 1 saturated heterocycles. The van der Waals surface area contributed by atoms with Crippen molar-refractivity contribution in [3.05, 3.63) is 28.8 Å². The lowest BCUT2D eigenvalue weighted by Gasteiger charge is -2.35. The van der Waals surface area contributed by atoms with E-state index >= 15 is 0 Å². The molecule has 1 aromatic carbocycles. The van der Waals surface area contributed by atoms with E-state index in [1.807, 2.05) is 0 Å². The van der Waals surface area contributed by atoms with Crippen LogP contribution in [0.5, 0.6) is 11.5 Å². The Kier molecular flexibility index (Phi) is 7.90. The molecule has 1 amide bonds. The van der Waals surface area contributed by atoms with E-state index in [0.29, 0.717) is 53.7 Å². The van der Waals surface area contributed by atoms with Crippen LogP contribution >= 0.6 is 0 Å². The number of rotatable bonds is 9. The summed E-state index contributed by atoms with van der Waals surface area (Å²) in [6, 6.07) is 3.89. The fourth-order valence-corrected chi connectivity index (χ4v) is 4.13. The highest BCUT2D eigenvalue weighted by Crippen LogP contribution is 2.29. The molecule has 1 aliphatic heterocycles. The number of likely N-dealkylation sites (tertiary alicyclic amines) is 1. The molecule has 0 radical (unpaired) electrons. The van der Waals surface area contributed by atoms with Gasteiger partial charge in [-0.15, -0.1) is 0 Å². The molecular weight excluding hydrogens is 396 g/mol. The molecule has 31 heavy (non-hydrogen) atoms. The van der Waals surface area contributed by atoms with Crippen molar-refractivity contribution in [3.63, 3.8) is 0 Å². The second-order valence-electron chi connectivity index (χ2n) is 8.47. The van der Waals surface area contributed by atoms with Crippen molar-refractivity contribution in [1.82, 2.24) is 19.8 Å². The predicted octanol–water partition coefficient (Wildman–Crippen LogP) is 2.43. The van der Waals surface area contributed by atoms with Gasteiger partial charge in [0.05, 0.1) is 31.4 Å². The van der Waals surface area contributed by atoms with Gasteiger partial charge in [-0.05, 0) is 51.6 Å². The summed E-state index contributed by atoms with van der Waals surface area (Å²) in [7, 11) is 3.08. The summed E-state index contributed by atoms with van der Waals surface area (Å²) >= 11 is 0. The number of piperidine rings is 1. The number of benzene rings is 1. The van der Waals surface area contributed by atoms with Crippen LogP contribution in [0.15, 0.2) is 23.3 Å². The maximum Gasteiger partial charge on any atom is 0.261 e. The monoisotopic (exact) mass is 430 g/mol. The summed E-state index contributed by atoms with van der Waals surface area (Å²) in [5.74, 6) is 1.57. The number of hydrogen-bond donors (Lipinski definition) is 1. The predicted molar refractivity (Wildman–Crippen MR) is 121 cm³/mol. The van der Waals surface area contributed by atoms with E-state index in [9.17, 15) is 9.59 Å². The van der Waals surface area contributed by atoms with Gasteiger partial charge in [0.1, 0.15) is 0 Å². The van der Waals surface area contributed by atoms with Crippen LogP contribution in [0.2, 0.25) is 0 Å². The van der Waals surface area contributed by atoms with Crippen LogP contribution in [0, 0.1) is 5.92 Å². The topological polar surface area (TPSA) is 85.7 Å². The van der Waals surface area contributed by atoms with Crippen LogP contribution < -0.4 is 20.3 Å². The van der Waals surface area contributed by atoms with Crippen LogP contribution in [0.25, 0.3) is 10.9 Å². The van der Waals surface area contributed by atoms with Gasteiger partial charge in [0, 0.05) is 38.2 Å². The quantitative estimate of drug-likeness (QED) is 0.658. The first-order chi connectivity index (χ1) is 14.9. The van der Waals surface area contributed by atoms with Gasteiger partial charge < -0.3 is 19.7 Å². The largest absolute Gasteiger partial charge is 0.493 e. The fourth-order valence-electron chi connectivity index (χ4n) is 4.13. The van der Waals surface area contributed by atoms with Gasteiger partial charge in [-0.25, -0.2) is 4.98 Å². The number of nitrogens with one attached hydrogen (secondary N) is 1. The Balaban J connectivity index is 1.52. The normalized spacial score (nSPS) is 17.1. The number of ether oxygens (including phenoxy) is 2. The molecule has 2 aromatic rings. The number of fused-ring (bicyclic) bond motifs is 1. The standard InChI is InChI=1S/C23H34N4O4/c1-16(2)26-9-5-7-17(14-26)13-24-22(28)8-6-10-27-15-25-19-12-21(31-4)20(30-3)11-18(19)23(27)29/h11-12,15-17H,5-10,13-14H2,1-4H3,(H,24,28). The van der Waals surface area contributed by atoms with E-state index in [-0.39, 0.29) is 11.5 Å². The highest BCUT2D eigenvalue weighted by atomic mass is 16.5. The molecule has 0 saturated carbocycles. The van der Waals surface area contributed by atoms with E-state index < -0.39 is 0 Å². The number of nitrogens with zero attached hydrogens (tertiary/aromatic N) is 3. The van der Waals surface area contributed by atoms with E-state index in [0.717, 1.165) is 26.1 Å². The zero-order valence-electron chi connectivity index (χ0n) is 19.0. The maximum atomic E-state index is 12.8. The average molecular weight is 431 g/mol. The molecule has 0 spiro atoms. The van der Waals surface area contributed by atoms with Crippen molar-refractivity contribution in [2.75, 3.05) is 33.9 Å². The van der Waals surface area contributed by atoms with Crippen LogP contribution in [0.1, 0.15) is 39.5 Å². The number of aryl methyl sites for hydroxylation is 1. The zero-order chi connectivity index (χ0) is 22.4. The second kappa shape index (κ2) is 10.6. The summed E-state index contributed by atoms with van der Waals surface area (Å²) in [5, 5.41) is 3.54. The maximum absolute atomic E-state index is 12.8. The lowest BCUT2D eigenvalue weighted by molar-refractivity contribution is -0.121. The van der Waals surface area contributed by atoms with Gasteiger partial charge in [0.15, 0.2) is 11.5 Å². The third-order valence-corrected chi connectivity index (χ3v) is 6.00. The molecule has 1 aromatic heterocycles. The number of carbonyl (C=O) groups excluding carboxylic acids is 1. The number of hydrogen-bond acceptors (Lipinski definition) is 6. The van der Waals surface area contributed by atoms with E-state index in [4.69, 9.17) is 9.47 Å². The molecule has 1 fully saturated rings. The summed E-state index contributed by atoms with van der Waals surface area (Å²) in [4.78, 5) is 31.9. The SMILES string of the molecule is COc1cc2ncn(CCCC(=O)NCC3CCCN(C(C)C)C3)c(=O)c2cc1OC. The van der Waals surface area contributed by atoms with Crippen molar-refractivity contribution in [2.45, 2.75) is 52.1 Å². The van der Waals surface area contributed by atoms with Gasteiger partial charge >= 0.3 is 0 Å². The lowest BCUT2D eigenvalue weighted by Crippen LogP contribution is -2.43. The van der Waals surface area contributed by atoms with Gasteiger partial charge in [-0.2, -0.15) is 0 Å². The summed E-state index contributed by atoms with van der Waals surface area (Å²) in [5.41, 5.74) is 0.405. The fraction of sp³-hybridized carbons (Fsp3) is 0.609. The van der Waals surface area contributed by atoms with Crippen molar-refractivity contribution < 1.29 is 14.3 Å². The molecule has 0 bridgehead atoms. The summed E-state index contributed by atoms with van der Waals surface area (Å²) in [6.45, 7) is 7.79. The molecule has 0 aliphatic carbocycles. The van der Waals surface area contributed by atoms with Gasteiger partial charge in [0.25, 0.3) is 5.56 Å². The van der Waals surface area contributed by atoms with E-state index in [1.54, 1.807) is 23.8 Å². The van der Waals surface area contributed by atoms with Crippen molar-refractivity contribution in [2.24, 2.45) is 5.92 Å². The lowest BCUT2D eigenvalue weighted by atomic mass is 9.97. The zero-order valence-corrected chi connectivity index (χ0v) is 19.0. The minimum atomic E-state index is -0.151. The number of carbonyl (C=O) groups is 1. The Morgan fingerprint density at radius 3 is 2.71 bits per heavy atom. The average Bonchev–Trinajstić information content (AvgIpc) is 2.78. The third kappa shape index (κ3) is 5.76. The van der Waals surface area contributed by atoms with Crippen LogP contribution in [-0.2, 0) is 11.3 Å². The molecular formula is C23H34N4O4. The number of aromatic nitrogens is 2. The van der Waals surface area contributed by atoms with Gasteiger partial charge in [-0.3, -0.25) is 14.2 Å². The molecule has 1 unspecified atom stereocenters. The first kappa shape index (κ1) is 23.1. The highest BCUT2D eigenvalue weighted by molar-refractivity contribution is 5.81. The number of methoxy groups -OCH3 is 2. The van der Waals surface area contributed by atoms with Crippen LogP contribution in [0.4, 0.5) is 0 Å². The van der Waals surface area contributed by atoms with Crippen molar-refractivity contribution in [1.29, 1.82) is 0 Å². The first-order valence-electron chi connectivity index (χ1n) is 11.0. The second-order valence-corrected chi connectivity index (χ2v) is 8.47. The van der Waals surface area contributed by atoms with Gasteiger partial charge in [-0.1, -0.05) is 0 Å². The Bertz CT molecular complexity index is 956. The van der Waals surface area contributed by atoms with E-state index in [1.165, 1.54) is 19.9 Å². The molecule has 2 heterocycles. The minimum Gasteiger partial charge on any atom is -0.493 e. The van der Waals surface area contributed by atoms with Crippen LogP contribution in [0.3, 0.4) is 0 Å². The molecule has 8 heteroatoms. The Morgan fingerprint density at radius 2 is 2.00 bits per heavy atom. The van der Waals surface area contributed by atoms with Crippen molar-refractivity contribution >= 4 is 16.8 Å². The molecule has 1 atom stereocenters. The van der Waals surface area contributed by atoms with E-state index in [2.05, 4.69) is 29.0 Å². The van der Waals surface area contributed by atoms with Gasteiger partial charge in [0.2, 0.25) is 5.91 Å². The molecule has 3 rings (SSSR count). The van der Waals surface area contributed by atoms with Crippen LogP contribution in [-0.4, -0.2) is 60.3 Å². The smallest absolute Gasteiger partial charge is 0.261 e. The summed E-state index contributed by atoms with van der Waals surface area (Å²) < 4.78 is 12.1.